The Morgan fingerprint density at radius 1 is 1.33 bits per heavy atom. The Kier molecular flexibility index (Phi) is 4.00. The smallest absolute Gasteiger partial charge is 0.137 e. The minimum atomic E-state index is -0.729. The van der Waals surface area contributed by atoms with E-state index in [1.54, 1.807) is 11.0 Å². The number of nitrogens with zero attached hydrogens (tertiary/aromatic N) is 3. The van der Waals surface area contributed by atoms with Gasteiger partial charge in [-0.05, 0) is 48.8 Å². The van der Waals surface area contributed by atoms with Crippen LogP contribution in [-0.4, -0.2) is 25.5 Å². The van der Waals surface area contributed by atoms with E-state index in [9.17, 15) is 5.11 Å². The lowest BCUT2D eigenvalue weighted by atomic mass is 9.81. The molecule has 1 N–H and O–H groups in total. The lowest BCUT2D eigenvalue weighted by Gasteiger charge is -2.34. The summed E-state index contributed by atoms with van der Waals surface area (Å²) in [5.41, 5.74) is 0.489. The Labute approximate surface area is 129 Å². The summed E-state index contributed by atoms with van der Waals surface area (Å²) < 4.78 is 1.73. The fraction of sp³-hybridized carbons (Fsp3) is 0.500. The normalized spacial score (nSPS) is 28.9. The summed E-state index contributed by atoms with van der Waals surface area (Å²) in [4.78, 5) is 3.97. The van der Waals surface area contributed by atoms with Gasteiger partial charge in [-0.25, -0.2) is 4.98 Å². The maximum absolute atomic E-state index is 11.2. The van der Waals surface area contributed by atoms with Crippen molar-refractivity contribution in [2.24, 2.45) is 11.8 Å². The van der Waals surface area contributed by atoms with Crippen molar-refractivity contribution in [2.75, 3.05) is 0 Å². The fourth-order valence-electron chi connectivity index (χ4n) is 3.40. The van der Waals surface area contributed by atoms with Crippen molar-refractivity contribution in [1.29, 1.82) is 0 Å². The van der Waals surface area contributed by atoms with Gasteiger partial charge in [0.2, 0.25) is 0 Å². The lowest BCUT2D eigenvalue weighted by Crippen LogP contribution is -2.44. The van der Waals surface area contributed by atoms with Crippen LogP contribution in [0.2, 0.25) is 5.02 Å². The molecule has 0 bridgehead atoms. The van der Waals surface area contributed by atoms with Gasteiger partial charge in [0.15, 0.2) is 0 Å². The second-order valence-electron chi connectivity index (χ2n) is 6.09. The molecule has 3 rings (SSSR count). The summed E-state index contributed by atoms with van der Waals surface area (Å²) in [7, 11) is 0. The molecule has 0 radical (unpaired) electrons. The number of halogens is 1. The highest BCUT2D eigenvalue weighted by Gasteiger charge is 2.46. The average Bonchev–Trinajstić information content (AvgIpc) is 3.05. The number of benzene rings is 1. The van der Waals surface area contributed by atoms with Gasteiger partial charge in [-0.2, -0.15) is 5.10 Å². The molecule has 1 aromatic heterocycles. The van der Waals surface area contributed by atoms with E-state index in [2.05, 4.69) is 17.0 Å². The molecule has 3 atom stereocenters. The van der Waals surface area contributed by atoms with Crippen LogP contribution in [-0.2, 0) is 13.0 Å². The standard InChI is InChI=1S/C16H20ClN3O/c1-12-2-5-14(8-13-3-6-15(17)7-4-13)16(12,21)9-20-11-18-10-19-20/h3-4,6-7,10-12,14,21H,2,5,8-9H2,1H3/t12-,14-,16+/m0/s1. The van der Waals surface area contributed by atoms with Gasteiger partial charge in [0.25, 0.3) is 0 Å². The molecule has 0 unspecified atom stereocenters. The van der Waals surface area contributed by atoms with Crippen LogP contribution in [0.25, 0.3) is 0 Å². The van der Waals surface area contributed by atoms with Gasteiger partial charge < -0.3 is 5.11 Å². The Bertz CT molecular complexity index is 584. The van der Waals surface area contributed by atoms with Crippen molar-refractivity contribution in [3.05, 3.63) is 47.5 Å². The largest absolute Gasteiger partial charge is 0.387 e. The van der Waals surface area contributed by atoms with E-state index in [1.165, 1.54) is 11.9 Å². The van der Waals surface area contributed by atoms with Gasteiger partial charge in [0, 0.05) is 5.02 Å². The molecule has 5 heteroatoms. The average molecular weight is 306 g/mol. The van der Waals surface area contributed by atoms with Crippen molar-refractivity contribution in [2.45, 2.75) is 38.3 Å². The molecular weight excluding hydrogens is 286 g/mol. The number of rotatable bonds is 4. The van der Waals surface area contributed by atoms with Gasteiger partial charge >= 0.3 is 0 Å². The molecule has 21 heavy (non-hydrogen) atoms. The molecule has 1 saturated carbocycles. The van der Waals surface area contributed by atoms with Gasteiger partial charge in [-0.15, -0.1) is 0 Å². The molecule has 2 aromatic rings. The van der Waals surface area contributed by atoms with E-state index >= 15 is 0 Å². The van der Waals surface area contributed by atoms with Crippen LogP contribution in [0.4, 0.5) is 0 Å². The third-order valence-corrected chi connectivity index (χ3v) is 5.04. The Morgan fingerprint density at radius 2 is 2.10 bits per heavy atom. The zero-order chi connectivity index (χ0) is 14.9. The molecule has 0 spiro atoms. The van der Waals surface area contributed by atoms with Gasteiger partial charge in [0.1, 0.15) is 12.7 Å². The monoisotopic (exact) mass is 305 g/mol. The van der Waals surface area contributed by atoms with E-state index in [0.717, 1.165) is 24.3 Å². The topological polar surface area (TPSA) is 50.9 Å². The Morgan fingerprint density at radius 3 is 2.76 bits per heavy atom. The highest BCUT2D eigenvalue weighted by Crippen LogP contribution is 2.43. The molecule has 4 nitrogen and oxygen atoms in total. The molecule has 1 aromatic carbocycles. The molecular formula is C16H20ClN3O. The first-order valence-corrected chi connectivity index (χ1v) is 7.75. The maximum Gasteiger partial charge on any atom is 0.137 e. The van der Waals surface area contributed by atoms with Crippen LogP contribution >= 0.6 is 11.6 Å². The third kappa shape index (κ3) is 2.97. The number of aliphatic hydroxyl groups is 1. The van der Waals surface area contributed by atoms with Gasteiger partial charge in [0.05, 0.1) is 12.1 Å². The van der Waals surface area contributed by atoms with E-state index < -0.39 is 5.60 Å². The summed E-state index contributed by atoms with van der Waals surface area (Å²) in [5, 5.41) is 16.1. The molecule has 112 valence electrons. The Hall–Kier alpha value is -1.39. The summed E-state index contributed by atoms with van der Waals surface area (Å²) in [5.74, 6) is 0.497. The molecule has 0 saturated heterocycles. The molecule has 0 aliphatic heterocycles. The second kappa shape index (κ2) is 5.78. The van der Waals surface area contributed by atoms with E-state index in [4.69, 9.17) is 11.6 Å². The number of hydrogen-bond acceptors (Lipinski definition) is 3. The van der Waals surface area contributed by atoms with E-state index in [0.29, 0.717) is 6.54 Å². The Balaban J connectivity index is 1.78. The highest BCUT2D eigenvalue weighted by atomic mass is 35.5. The first-order valence-electron chi connectivity index (χ1n) is 7.37. The summed E-state index contributed by atoms with van der Waals surface area (Å²) in [6.07, 6.45) is 6.13. The van der Waals surface area contributed by atoms with Crippen molar-refractivity contribution in [1.82, 2.24) is 14.8 Å². The zero-order valence-electron chi connectivity index (χ0n) is 12.1. The van der Waals surface area contributed by atoms with Crippen molar-refractivity contribution < 1.29 is 5.11 Å². The van der Waals surface area contributed by atoms with Crippen LogP contribution in [0, 0.1) is 11.8 Å². The summed E-state index contributed by atoms with van der Waals surface area (Å²) >= 11 is 5.93. The van der Waals surface area contributed by atoms with Crippen LogP contribution in [0.3, 0.4) is 0 Å². The first-order chi connectivity index (χ1) is 10.1. The predicted octanol–water partition coefficient (Wildman–Crippen LogP) is 2.95. The van der Waals surface area contributed by atoms with Crippen molar-refractivity contribution in [3.63, 3.8) is 0 Å². The summed E-state index contributed by atoms with van der Waals surface area (Å²) in [6.45, 7) is 2.63. The molecule has 1 fully saturated rings. The minimum absolute atomic E-state index is 0.234. The first kappa shape index (κ1) is 14.5. The van der Waals surface area contributed by atoms with E-state index in [-0.39, 0.29) is 11.8 Å². The number of hydrogen-bond donors (Lipinski definition) is 1. The van der Waals surface area contributed by atoms with Gasteiger partial charge in [-0.1, -0.05) is 30.7 Å². The lowest BCUT2D eigenvalue weighted by molar-refractivity contribution is -0.0482. The van der Waals surface area contributed by atoms with Crippen molar-refractivity contribution >= 4 is 11.6 Å². The zero-order valence-corrected chi connectivity index (χ0v) is 12.9. The third-order valence-electron chi connectivity index (χ3n) is 4.79. The van der Waals surface area contributed by atoms with Crippen LogP contribution in [0.1, 0.15) is 25.3 Å². The summed E-state index contributed by atoms with van der Waals surface area (Å²) in [6, 6.07) is 7.90. The fourth-order valence-corrected chi connectivity index (χ4v) is 3.52. The van der Waals surface area contributed by atoms with Gasteiger partial charge in [-0.3, -0.25) is 4.68 Å². The molecule has 1 aliphatic rings. The van der Waals surface area contributed by atoms with Crippen LogP contribution < -0.4 is 0 Å². The molecule has 0 amide bonds. The minimum Gasteiger partial charge on any atom is -0.387 e. The highest BCUT2D eigenvalue weighted by molar-refractivity contribution is 6.30. The SMILES string of the molecule is C[C@H]1CC[C@@H](Cc2ccc(Cl)cc2)[C@@]1(O)Cn1cncn1. The molecule has 1 aliphatic carbocycles. The van der Waals surface area contributed by atoms with Crippen LogP contribution in [0.5, 0.6) is 0 Å². The second-order valence-corrected chi connectivity index (χ2v) is 6.53. The van der Waals surface area contributed by atoms with E-state index in [1.807, 2.05) is 24.3 Å². The number of aromatic nitrogens is 3. The van der Waals surface area contributed by atoms with Crippen LogP contribution in [0.15, 0.2) is 36.9 Å². The quantitative estimate of drug-likeness (QED) is 0.945. The molecule has 1 heterocycles. The maximum atomic E-state index is 11.2. The predicted molar refractivity (Wildman–Crippen MR) is 82.0 cm³/mol. The van der Waals surface area contributed by atoms with Crippen molar-refractivity contribution in [3.8, 4) is 0 Å².